The Morgan fingerprint density at radius 2 is 2.27 bits per heavy atom. The van der Waals surface area contributed by atoms with Crippen molar-refractivity contribution in [1.82, 2.24) is 14.6 Å². The van der Waals surface area contributed by atoms with Crippen molar-refractivity contribution in [1.29, 1.82) is 0 Å². The van der Waals surface area contributed by atoms with E-state index in [1.807, 2.05) is 0 Å². The molecule has 0 amide bonds. The number of aromatic nitrogens is 3. The zero-order chi connectivity index (χ0) is 11.0. The largest absolute Gasteiger partial charge is 0.465 e. The summed E-state index contributed by atoms with van der Waals surface area (Å²) < 4.78 is 19.6. The topological polar surface area (TPSA) is 56.5 Å². The zero-order valence-electron chi connectivity index (χ0n) is 8.19. The average Bonchev–Trinajstić information content (AvgIpc) is 2.61. The molecule has 0 aliphatic carbocycles. The van der Waals surface area contributed by atoms with Crippen LogP contribution >= 0.6 is 0 Å². The average molecular weight is 209 g/mol. The van der Waals surface area contributed by atoms with Gasteiger partial charge in [-0.05, 0) is 13.0 Å². The van der Waals surface area contributed by atoms with Gasteiger partial charge < -0.3 is 4.74 Å². The van der Waals surface area contributed by atoms with Crippen LogP contribution in [0.1, 0.15) is 16.2 Å². The first-order chi connectivity index (χ1) is 7.15. The van der Waals surface area contributed by atoms with Crippen molar-refractivity contribution in [3.63, 3.8) is 0 Å². The lowest BCUT2D eigenvalue weighted by Crippen LogP contribution is -2.06. The van der Waals surface area contributed by atoms with E-state index in [-0.39, 0.29) is 11.2 Å². The summed E-state index contributed by atoms with van der Waals surface area (Å²) in [6, 6.07) is 1.34. The van der Waals surface area contributed by atoms with E-state index in [0.717, 1.165) is 0 Å². The van der Waals surface area contributed by atoms with Gasteiger partial charge in [0.15, 0.2) is 11.5 Å². The minimum absolute atomic E-state index is 0.0235. The summed E-state index contributed by atoms with van der Waals surface area (Å²) in [4.78, 5) is 11.2. The Morgan fingerprint density at radius 1 is 1.53 bits per heavy atom. The van der Waals surface area contributed by atoms with Crippen LogP contribution in [0.3, 0.4) is 0 Å². The van der Waals surface area contributed by atoms with Crippen molar-refractivity contribution in [2.24, 2.45) is 0 Å². The number of nitrogens with zero attached hydrogens (tertiary/aromatic N) is 3. The fraction of sp³-hybridized carbons (Fsp3) is 0.222. The fourth-order valence-electron chi connectivity index (χ4n) is 1.31. The number of aryl methyl sites for hydroxylation is 1. The molecule has 0 radical (unpaired) electrons. The summed E-state index contributed by atoms with van der Waals surface area (Å²) in [6.07, 6.45) is 1.53. The molecule has 0 saturated carbocycles. The lowest BCUT2D eigenvalue weighted by atomic mass is 10.2. The van der Waals surface area contributed by atoms with E-state index in [2.05, 4.69) is 14.9 Å². The molecule has 15 heavy (non-hydrogen) atoms. The van der Waals surface area contributed by atoms with Gasteiger partial charge in [-0.3, -0.25) is 4.40 Å². The lowest BCUT2D eigenvalue weighted by molar-refractivity contribution is 0.0595. The minimum atomic E-state index is -0.726. The number of hydrogen-bond acceptors (Lipinski definition) is 4. The Morgan fingerprint density at radius 3 is 2.93 bits per heavy atom. The molecule has 2 aromatic heterocycles. The molecule has 0 aliphatic rings. The lowest BCUT2D eigenvalue weighted by Gasteiger charge is -2.01. The first-order valence-corrected chi connectivity index (χ1v) is 4.23. The van der Waals surface area contributed by atoms with Crippen LogP contribution in [0.15, 0.2) is 12.3 Å². The van der Waals surface area contributed by atoms with E-state index in [1.54, 1.807) is 6.92 Å². The quantitative estimate of drug-likeness (QED) is 0.656. The second-order valence-electron chi connectivity index (χ2n) is 2.98. The Hall–Kier alpha value is -1.98. The first kappa shape index (κ1) is 9.57. The third-order valence-electron chi connectivity index (χ3n) is 2.09. The monoisotopic (exact) mass is 209 g/mol. The van der Waals surface area contributed by atoms with Crippen molar-refractivity contribution in [3.8, 4) is 0 Å². The number of pyridine rings is 1. The van der Waals surface area contributed by atoms with Gasteiger partial charge in [-0.25, -0.2) is 9.18 Å². The summed E-state index contributed by atoms with van der Waals surface area (Å²) in [5.41, 5.74) is -0.118. The van der Waals surface area contributed by atoms with E-state index in [9.17, 15) is 9.18 Å². The predicted octanol–water partition coefficient (Wildman–Crippen LogP) is 0.963. The van der Waals surface area contributed by atoms with E-state index in [0.29, 0.717) is 5.82 Å². The molecular weight excluding hydrogens is 201 g/mol. The number of esters is 1. The molecule has 0 aromatic carbocycles. The molecule has 0 N–H and O–H groups in total. The van der Waals surface area contributed by atoms with E-state index >= 15 is 0 Å². The number of hydrogen-bond donors (Lipinski definition) is 0. The summed E-state index contributed by atoms with van der Waals surface area (Å²) in [7, 11) is 1.20. The van der Waals surface area contributed by atoms with Crippen LogP contribution in [0.25, 0.3) is 5.65 Å². The number of methoxy groups -OCH3 is 1. The van der Waals surface area contributed by atoms with Crippen LogP contribution in [-0.4, -0.2) is 27.7 Å². The molecule has 0 unspecified atom stereocenters. The Labute approximate surface area is 84.5 Å². The highest BCUT2D eigenvalue weighted by atomic mass is 19.1. The third-order valence-corrected chi connectivity index (χ3v) is 2.09. The van der Waals surface area contributed by atoms with Crippen molar-refractivity contribution < 1.29 is 13.9 Å². The Balaban J connectivity index is 2.71. The molecule has 0 fully saturated rings. The minimum Gasteiger partial charge on any atom is -0.465 e. The van der Waals surface area contributed by atoms with Gasteiger partial charge >= 0.3 is 5.97 Å². The van der Waals surface area contributed by atoms with Crippen LogP contribution in [-0.2, 0) is 4.74 Å². The molecule has 0 spiro atoms. The molecule has 0 saturated heterocycles. The number of ether oxygens (including phenoxy) is 1. The molecule has 2 rings (SSSR count). The van der Waals surface area contributed by atoms with Crippen LogP contribution in [0, 0.1) is 12.7 Å². The first-order valence-electron chi connectivity index (χ1n) is 4.23. The summed E-state index contributed by atoms with van der Waals surface area (Å²) in [6.45, 7) is 1.69. The van der Waals surface area contributed by atoms with Crippen molar-refractivity contribution in [2.75, 3.05) is 7.11 Å². The van der Waals surface area contributed by atoms with Gasteiger partial charge in [-0.2, -0.15) is 0 Å². The molecule has 0 bridgehead atoms. The maximum Gasteiger partial charge on any atom is 0.341 e. The van der Waals surface area contributed by atoms with Gasteiger partial charge in [0.1, 0.15) is 11.4 Å². The maximum absolute atomic E-state index is 13.7. The van der Waals surface area contributed by atoms with Crippen LogP contribution < -0.4 is 0 Å². The fourth-order valence-corrected chi connectivity index (χ4v) is 1.31. The van der Waals surface area contributed by atoms with E-state index in [1.165, 1.54) is 23.8 Å². The van der Waals surface area contributed by atoms with Gasteiger partial charge in [0, 0.05) is 6.20 Å². The van der Waals surface area contributed by atoms with Crippen molar-refractivity contribution >= 4 is 11.6 Å². The van der Waals surface area contributed by atoms with E-state index in [4.69, 9.17) is 0 Å². The predicted molar refractivity (Wildman–Crippen MR) is 49.0 cm³/mol. The van der Waals surface area contributed by atoms with Crippen molar-refractivity contribution in [2.45, 2.75) is 6.92 Å². The number of fused-ring (bicyclic) bond motifs is 1. The van der Waals surface area contributed by atoms with Crippen LogP contribution in [0.2, 0.25) is 0 Å². The van der Waals surface area contributed by atoms with Crippen LogP contribution in [0.4, 0.5) is 4.39 Å². The van der Waals surface area contributed by atoms with Gasteiger partial charge in [-0.1, -0.05) is 0 Å². The van der Waals surface area contributed by atoms with Gasteiger partial charge in [0.05, 0.1) is 7.11 Å². The molecule has 78 valence electrons. The third kappa shape index (κ3) is 1.34. The molecule has 6 heteroatoms. The van der Waals surface area contributed by atoms with Crippen LogP contribution in [0.5, 0.6) is 0 Å². The second-order valence-corrected chi connectivity index (χ2v) is 2.98. The maximum atomic E-state index is 13.7. The van der Waals surface area contributed by atoms with Gasteiger partial charge in [-0.15, -0.1) is 10.2 Å². The second kappa shape index (κ2) is 3.30. The molecular formula is C9H8FN3O2. The molecule has 2 heterocycles. The Kier molecular flexibility index (Phi) is 2.11. The molecule has 2 aromatic rings. The van der Waals surface area contributed by atoms with Crippen molar-refractivity contribution in [3.05, 3.63) is 29.5 Å². The highest BCUT2D eigenvalue weighted by Gasteiger charge is 2.17. The number of carbonyl (C=O) groups excluding carboxylic acids is 1. The zero-order valence-corrected chi connectivity index (χ0v) is 8.19. The standard InChI is InChI=1S/C9H8FN3O2/c1-5-11-12-8-7(10)6(9(14)15-2)3-4-13(5)8/h3-4H,1-2H3. The number of halogens is 1. The SMILES string of the molecule is COC(=O)c1ccn2c(C)nnc2c1F. The normalized spacial score (nSPS) is 10.6. The summed E-state index contributed by atoms with van der Waals surface area (Å²) >= 11 is 0. The molecule has 0 aliphatic heterocycles. The highest BCUT2D eigenvalue weighted by Crippen LogP contribution is 2.14. The smallest absolute Gasteiger partial charge is 0.341 e. The molecule has 5 nitrogen and oxygen atoms in total. The summed E-state index contributed by atoms with van der Waals surface area (Å²) in [5.74, 6) is -0.888. The Bertz CT molecular complexity index is 535. The van der Waals surface area contributed by atoms with E-state index < -0.39 is 11.8 Å². The summed E-state index contributed by atoms with van der Waals surface area (Å²) in [5, 5.41) is 7.33. The number of carbonyl (C=O) groups is 1. The van der Waals surface area contributed by atoms with Gasteiger partial charge in [0.2, 0.25) is 0 Å². The molecule has 0 atom stereocenters. The number of rotatable bonds is 1. The van der Waals surface area contributed by atoms with Gasteiger partial charge in [0.25, 0.3) is 0 Å². The highest BCUT2D eigenvalue weighted by molar-refractivity contribution is 5.90.